The first-order valence-corrected chi connectivity index (χ1v) is 11.8. The number of likely N-dealkylation sites (tertiary alicyclic amines) is 1. The highest BCUT2D eigenvalue weighted by molar-refractivity contribution is 5.84. The van der Waals surface area contributed by atoms with Crippen molar-refractivity contribution >= 4 is 16.9 Å². The average molecular weight is 478 g/mol. The van der Waals surface area contributed by atoms with Crippen LogP contribution in [0.25, 0.3) is 17.0 Å². The van der Waals surface area contributed by atoms with E-state index < -0.39 is 5.60 Å². The number of aromatic nitrogens is 4. The average Bonchev–Trinajstić information content (AvgIpc) is 3.54. The van der Waals surface area contributed by atoms with Crippen LogP contribution in [0.3, 0.4) is 0 Å². The molecule has 0 spiro atoms. The zero-order valence-electron chi connectivity index (χ0n) is 19.7. The minimum atomic E-state index is -1.52. The van der Waals surface area contributed by atoms with Crippen LogP contribution in [0, 0.1) is 5.82 Å². The normalized spacial score (nSPS) is 16.3. The molecule has 3 N–H and O–H groups in total. The van der Waals surface area contributed by atoms with Crippen LogP contribution in [0.15, 0.2) is 53.3 Å². The summed E-state index contributed by atoms with van der Waals surface area (Å²) >= 11 is 0. The van der Waals surface area contributed by atoms with Gasteiger partial charge in [-0.1, -0.05) is 24.3 Å². The highest BCUT2D eigenvalue weighted by atomic mass is 19.1. The van der Waals surface area contributed by atoms with Crippen molar-refractivity contribution in [3.05, 3.63) is 81.5 Å². The number of carbonyl (C=O) groups excluding carboxylic acids is 1. The number of hydrogen-bond acceptors (Lipinski definition) is 4. The van der Waals surface area contributed by atoms with Crippen LogP contribution in [-0.4, -0.2) is 47.8 Å². The van der Waals surface area contributed by atoms with Crippen molar-refractivity contribution in [3.8, 4) is 5.95 Å². The Morgan fingerprint density at radius 3 is 2.63 bits per heavy atom. The van der Waals surface area contributed by atoms with Gasteiger partial charge in [0.05, 0.1) is 22.8 Å². The first-order valence-electron chi connectivity index (χ1n) is 11.8. The van der Waals surface area contributed by atoms with Gasteiger partial charge in [-0.3, -0.25) is 14.7 Å². The number of carbonyl (C=O) groups is 1. The predicted molar refractivity (Wildman–Crippen MR) is 130 cm³/mol. The molecule has 1 fully saturated rings. The fraction of sp³-hybridized carbons (Fsp3) is 0.346. The SMILES string of the molecule is CC(C)(O)C(=O)N1CCCC1c1[nH]n(-c2nc3ccccc3[nH]2)c(=O)c1CCc1ccc(F)cc1. The van der Waals surface area contributed by atoms with Gasteiger partial charge in [-0.2, -0.15) is 4.68 Å². The number of aliphatic hydroxyl groups is 1. The van der Waals surface area contributed by atoms with E-state index in [0.717, 1.165) is 23.0 Å². The molecule has 1 amide bonds. The smallest absolute Gasteiger partial charge is 0.277 e. The van der Waals surface area contributed by atoms with Crippen molar-refractivity contribution in [1.29, 1.82) is 0 Å². The van der Waals surface area contributed by atoms with Crippen molar-refractivity contribution in [2.45, 2.75) is 51.2 Å². The van der Waals surface area contributed by atoms with Crippen molar-refractivity contribution in [2.24, 2.45) is 0 Å². The quantitative estimate of drug-likeness (QED) is 0.396. The number of hydrogen-bond donors (Lipinski definition) is 3. The summed E-state index contributed by atoms with van der Waals surface area (Å²) in [6.45, 7) is 3.45. The van der Waals surface area contributed by atoms with Crippen molar-refractivity contribution in [3.63, 3.8) is 0 Å². The molecule has 8 nitrogen and oxygen atoms in total. The summed E-state index contributed by atoms with van der Waals surface area (Å²) in [4.78, 5) is 36.0. The Hall–Kier alpha value is -3.72. The number of aromatic amines is 2. The molecule has 4 aromatic rings. The van der Waals surface area contributed by atoms with Crippen molar-refractivity contribution in [1.82, 2.24) is 24.6 Å². The zero-order valence-corrected chi connectivity index (χ0v) is 19.7. The van der Waals surface area contributed by atoms with Gasteiger partial charge in [0, 0.05) is 12.1 Å². The second-order valence-corrected chi connectivity index (χ2v) is 9.56. The van der Waals surface area contributed by atoms with E-state index in [4.69, 9.17) is 0 Å². The molecule has 1 atom stereocenters. The number of benzene rings is 2. The van der Waals surface area contributed by atoms with Crippen LogP contribution in [0.2, 0.25) is 0 Å². The molecule has 0 saturated carbocycles. The fourth-order valence-corrected chi connectivity index (χ4v) is 4.78. The Labute approximate surface area is 201 Å². The predicted octanol–water partition coefficient (Wildman–Crippen LogP) is 3.40. The lowest BCUT2D eigenvalue weighted by Crippen LogP contribution is -2.45. The summed E-state index contributed by atoms with van der Waals surface area (Å²) in [5.41, 5.74) is 1.88. The molecule has 0 aliphatic carbocycles. The van der Waals surface area contributed by atoms with E-state index >= 15 is 0 Å². The highest BCUT2D eigenvalue weighted by Crippen LogP contribution is 2.34. The first kappa shape index (κ1) is 23.0. The molecule has 0 radical (unpaired) electrons. The number of imidazole rings is 1. The molecule has 9 heteroatoms. The van der Waals surface area contributed by atoms with Gasteiger partial charge in [0.25, 0.3) is 11.5 Å². The van der Waals surface area contributed by atoms with E-state index in [1.807, 2.05) is 24.3 Å². The molecule has 2 aromatic heterocycles. The Morgan fingerprint density at radius 2 is 1.91 bits per heavy atom. The van der Waals surface area contributed by atoms with Crippen LogP contribution in [-0.2, 0) is 17.6 Å². The van der Waals surface area contributed by atoms with E-state index in [-0.39, 0.29) is 23.3 Å². The van der Waals surface area contributed by atoms with Gasteiger partial charge < -0.3 is 15.0 Å². The second kappa shape index (κ2) is 8.81. The molecule has 182 valence electrons. The Bertz CT molecular complexity index is 1390. The molecular weight excluding hydrogens is 449 g/mol. The van der Waals surface area contributed by atoms with Gasteiger partial charge in [-0.25, -0.2) is 9.37 Å². The topological polar surface area (TPSA) is 107 Å². The monoisotopic (exact) mass is 477 g/mol. The molecule has 2 aromatic carbocycles. The van der Waals surface area contributed by atoms with Crippen LogP contribution in [0.5, 0.6) is 0 Å². The minimum absolute atomic E-state index is 0.247. The summed E-state index contributed by atoms with van der Waals surface area (Å²) in [7, 11) is 0. The lowest BCUT2D eigenvalue weighted by molar-refractivity contribution is -0.148. The van der Waals surface area contributed by atoms with Crippen LogP contribution >= 0.6 is 0 Å². The summed E-state index contributed by atoms with van der Waals surface area (Å²) in [5, 5.41) is 13.6. The van der Waals surface area contributed by atoms with Gasteiger partial charge in [0.2, 0.25) is 5.95 Å². The van der Waals surface area contributed by atoms with E-state index in [9.17, 15) is 19.1 Å². The number of aryl methyl sites for hydroxylation is 1. The molecule has 1 saturated heterocycles. The molecule has 1 aliphatic heterocycles. The number of rotatable bonds is 6. The van der Waals surface area contributed by atoms with Gasteiger partial charge in [0.1, 0.15) is 11.4 Å². The number of nitrogens with zero attached hydrogens (tertiary/aromatic N) is 3. The second-order valence-electron chi connectivity index (χ2n) is 9.56. The maximum absolute atomic E-state index is 13.6. The molecule has 1 unspecified atom stereocenters. The summed E-state index contributed by atoms with van der Waals surface area (Å²) < 4.78 is 14.7. The third kappa shape index (κ3) is 4.39. The summed E-state index contributed by atoms with van der Waals surface area (Å²) in [6, 6.07) is 13.4. The van der Waals surface area contributed by atoms with Crippen molar-refractivity contribution < 1.29 is 14.3 Å². The molecule has 1 aliphatic rings. The largest absolute Gasteiger partial charge is 0.381 e. The van der Waals surface area contributed by atoms with Crippen LogP contribution in [0.4, 0.5) is 4.39 Å². The fourth-order valence-electron chi connectivity index (χ4n) is 4.78. The lowest BCUT2D eigenvalue weighted by Gasteiger charge is -2.30. The molecule has 0 bridgehead atoms. The van der Waals surface area contributed by atoms with Gasteiger partial charge in [0.15, 0.2) is 0 Å². The number of nitrogens with one attached hydrogen (secondary N) is 2. The van der Waals surface area contributed by atoms with Crippen molar-refractivity contribution in [2.75, 3.05) is 6.54 Å². The molecule has 5 rings (SSSR count). The number of fused-ring (bicyclic) bond motifs is 1. The van der Waals surface area contributed by atoms with Gasteiger partial charge >= 0.3 is 0 Å². The molecular formula is C26H28FN5O3. The molecule has 35 heavy (non-hydrogen) atoms. The van der Waals surface area contributed by atoms with Gasteiger partial charge in [-0.15, -0.1) is 0 Å². The van der Waals surface area contributed by atoms with Crippen LogP contribution < -0.4 is 5.56 Å². The zero-order chi connectivity index (χ0) is 24.7. The molecule has 3 heterocycles. The standard InChI is InChI=1S/C26H28FN5O3/c1-26(2,35)24(34)31-15-5-8-21(31)22-18(14-11-16-9-12-17(27)13-10-16)23(33)32(30-22)25-28-19-6-3-4-7-20(19)29-25/h3-4,6-7,9-10,12-13,21,30,35H,5,8,11,14-15H2,1-2H3,(H,28,29). The maximum atomic E-state index is 13.6. The number of para-hydroxylation sites is 2. The lowest BCUT2D eigenvalue weighted by atomic mass is 9.99. The maximum Gasteiger partial charge on any atom is 0.277 e. The van der Waals surface area contributed by atoms with E-state index in [0.29, 0.717) is 43.0 Å². The Kier molecular flexibility index (Phi) is 5.80. The third-order valence-electron chi connectivity index (χ3n) is 6.55. The number of H-pyrrole nitrogens is 2. The first-order chi connectivity index (χ1) is 16.7. The Balaban J connectivity index is 1.57. The summed E-state index contributed by atoms with van der Waals surface area (Å²) in [6.07, 6.45) is 2.38. The van der Waals surface area contributed by atoms with E-state index in [1.54, 1.807) is 17.0 Å². The number of amides is 1. The van der Waals surface area contributed by atoms with E-state index in [2.05, 4.69) is 15.1 Å². The summed E-state index contributed by atoms with van der Waals surface area (Å²) in [5.74, 6) is -0.319. The Morgan fingerprint density at radius 1 is 1.17 bits per heavy atom. The number of halogens is 1. The third-order valence-corrected chi connectivity index (χ3v) is 6.55. The van der Waals surface area contributed by atoms with Gasteiger partial charge in [-0.05, 0) is 69.4 Å². The minimum Gasteiger partial charge on any atom is -0.381 e. The van der Waals surface area contributed by atoms with E-state index in [1.165, 1.54) is 30.7 Å². The van der Waals surface area contributed by atoms with Crippen LogP contribution in [0.1, 0.15) is 49.6 Å². The highest BCUT2D eigenvalue weighted by Gasteiger charge is 2.39.